The highest BCUT2D eigenvalue weighted by molar-refractivity contribution is 5.85. The summed E-state index contributed by atoms with van der Waals surface area (Å²) in [5.41, 5.74) is 0.608. The molecular formula is C12H12N4O3. The summed E-state index contributed by atoms with van der Waals surface area (Å²) in [6.45, 7) is 2.44. The molecule has 0 atom stereocenters. The third-order valence-electron chi connectivity index (χ3n) is 2.18. The van der Waals surface area contributed by atoms with Crippen molar-refractivity contribution < 1.29 is 14.6 Å². The lowest BCUT2D eigenvalue weighted by Crippen LogP contribution is -2.03. The second-order valence-electron chi connectivity index (χ2n) is 3.55. The molecule has 0 saturated carbocycles. The average Bonchev–Trinajstić information content (AvgIpc) is 2.42. The van der Waals surface area contributed by atoms with Crippen molar-refractivity contribution >= 4 is 17.5 Å². The zero-order valence-corrected chi connectivity index (χ0v) is 10.2. The molecule has 2 heterocycles. The molecular weight excluding hydrogens is 248 g/mol. The number of nitrogens with zero attached hydrogens (tertiary/aromatic N) is 3. The fourth-order valence-electron chi connectivity index (χ4n) is 1.35. The van der Waals surface area contributed by atoms with Crippen LogP contribution in [0.3, 0.4) is 0 Å². The van der Waals surface area contributed by atoms with Crippen LogP contribution in [0.4, 0.5) is 11.5 Å². The van der Waals surface area contributed by atoms with Gasteiger partial charge in [0.15, 0.2) is 11.5 Å². The van der Waals surface area contributed by atoms with Crippen LogP contribution < -0.4 is 10.1 Å². The molecule has 0 amide bonds. The van der Waals surface area contributed by atoms with Crippen LogP contribution in [0, 0.1) is 0 Å². The molecule has 98 valence electrons. The molecule has 7 heteroatoms. The van der Waals surface area contributed by atoms with Crippen molar-refractivity contribution in [2.75, 3.05) is 11.9 Å². The van der Waals surface area contributed by atoms with Crippen molar-refractivity contribution in [1.29, 1.82) is 0 Å². The highest BCUT2D eigenvalue weighted by Gasteiger charge is 2.05. The van der Waals surface area contributed by atoms with E-state index in [0.717, 1.165) is 0 Å². The van der Waals surface area contributed by atoms with E-state index in [4.69, 9.17) is 9.84 Å². The third kappa shape index (κ3) is 3.38. The smallest absolute Gasteiger partial charge is 0.356 e. The van der Waals surface area contributed by atoms with Gasteiger partial charge in [0, 0.05) is 6.07 Å². The number of hydrogen-bond donors (Lipinski definition) is 2. The Morgan fingerprint density at radius 2 is 2.16 bits per heavy atom. The highest BCUT2D eigenvalue weighted by atomic mass is 16.5. The number of pyridine rings is 1. The molecule has 19 heavy (non-hydrogen) atoms. The van der Waals surface area contributed by atoms with Gasteiger partial charge in [-0.25, -0.2) is 9.78 Å². The van der Waals surface area contributed by atoms with Crippen LogP contribution in [0.1, 0.15) is 17.4 Å². The Balaban J connectivity index is 2.06. The summed E-state index contributed by atoms with van der Waals surface area (Å²) in [6.07, 6.45) is 1.60. The normalized spacial score (nSPS) is 9.95. The maximum Gasteiger partial charge on any atom is 0.356 e. The zero-order valence-electron chi connectivity index (χ0n) is 10.2. The minimum atomic E-state index is -1.11. The predicted octanol–water partition coefficient (Wildman–Crippen LogP) is 1.71. The molecule has 0 unspecified atom stereocenters. The van der Waals surface area contributed by atoms with Crippen molar-refractivity contribution in [3.8, 4) is 5.88 Å². The summed E-state index contributed by atoms with van der Waals surface area (Å²) in [5.74, 6) is -0.127. The number of ether oxygens (including phenoxy) is 1. The monoisotopic (exact) mass is 260 g/mol. The molecule has 0 aliphatic heterocycles. The summed E-state index contributed by atoms with van der Waals surface area (Å²) in [5, 5.41) is 19.0. The van der Waals surface area contributed by atoms with Crippen LogP contribution in [0.5, 0.6) is 5.88 Å². The number of carboxylic acids is 1. The first kappa shape index (κ1) is 12.7. The summed E-state index contributed by atoms with van der Waals surface area (Å²) >= 11 is 0. The zero-order chi connectivity index (χ0) is 13.7. The van der Waals surface area contributed by atoms with Gasteiger partial charge in [-0.2, -0.15) is 0 Å². The van der Waals surface area contributed by atoms with Gasteiger partial charge in [0.2, 0.25) is 5.88 Å². The average molecular weight is 260 g/mol. The fraction of sp³-hybridized carbons (Fsp3) is 0.167. The van der Waals surface area contributed by atoms with E-state index in [9.17, 15) is 4.79 Å². The van der Waals surface area contributed by atoms with E-state index < -0.39 is 5.97 Å². The molecule has 0 aliphatic rings. The first-order valence-corrected chi connectivity index (χ1v) is 5.62. The lowest BCUT2D eigenvalue weighted by Gasteiger charge is -2.06. The van der Waals surface area contributed by atoms with E-state index in [1.807, 2.05) is 6.92 Å². The molecule has 0 saturated heterocycles. The van der Waals surface area contributed by atoms with Crippen molar-refractivity contribution in [2.24, 2.45) is 0 Å². The highest BCUT2D eigenvalue weighted by Crippen LogP contribution is 2.15. The SMILES string of the molecule is CCOc1ccc(Nc2ccc(C(=O)O)nn2)cn1. The van der Waals surface area contributed by atoms with E-state index in [1.54, 1.807) is 18.3 Å². The van der Waals surface area contributed by atoms with Gasteiger partial charge in [-0.15, -0.1) is 10.2 Å². The number of carboxylic acid groups (broad SMARTS) is 1. The van der Waals surface area contributed by atoms with Crippen LogP contribution in [0.2, 0.25) is 0 Å². The number of anilines is 2. The van der Waals surface area contributed by atoms with E-state index in [-0.39, 0.29) is 5.69 Å². The summed E-state index contributed by atoms with van der Waals surface area (Å²) < 4.78 is 5.22. The topological polar surface area (TPSA) is 97.2 Å². The van der Waals surface area contributed by atoms with E-state index in [1.165, 1.54) is 12.1 Å². The quantitative estimate of drug-likeness (QED) is 0.844. The molecule has 0 aromatic carbocycles. The Morgan fingerprint density at radius 1 is 1.32 bits per heavy atom. The van der Waals surface area contributed by atoms with Gasteiger partial charge < -0.3 is 15.2 Å². The third-order valence-corrected chi connectivity index (χ3v) is 2.18. The maximum absolute atomic E-state index is 10.6. The lowest BCUT2D eigenvalue weighted by molar-refractivity contribution is 0.0689. The largest absolute Gasteiger partial charge is 0.478 e. The molecule has 0 spiro atoms. The Hall–Kier alpha value is -2.70. The van der Waals surface area contributed by atoms with Gasteiger partial charge in [0.1, 0.15) is 0 Å². The summed E-state index contributed by atoms with van der Waals surface area (Å²) in [7, 11) is 0. The molecule has 2 aromatic heterocycles. The second-order valence-corrected chi connectivity index (χ2v) is 3.55. The van der Waals surface area contributed by atoms with Gasteiger partial charge in [-0.1, -0.05) is 0 Å². The molecule has 7 nitrogen and oxygen atoms in total. The van der Waals surface area contributed by atoms with Gasteiger partial charge >= 0.3 is 5.97 Å². The Kier molecular flexibility index (Phi) is 3.87. The number of nitrogens with one attached hydrogen (secondary N) is 1. The molecule has 0 aliphatic carbocycles. The van der Waals surface area contributed by atoms with Gasteiger partial charge in [-0.3, -0.25) is 0 Å². The molecule has 2 rings (SSSR count). The van der Waals surface area contributed by atoms with Crippen molar-refractivity contribution in [3.63, 3.8) is 0 Å². The summed E-state index contributed by atoms with van der Waals surface area (Å²) in [4.78, 5) is 14.7. The van der Waals surface area contributed by atoms with Crippen LogP contribution in [0.15, 0.2) is 30.5 Å². The predicted molar refractivity (Wildman–Crippen MR) is 67.7 cm³/mol. The Labute approximate surface area is 109 Å². The molecule has 0 fully saturated rings. The molecule has 2 aromatic rings. The van der Waals surface area contributed by atoms with Crippen LogP contribution in [-0.2, 0) is 0 Å². The first-order chi connectivity index (χ1) is 9.19. The first-order valence-electron chi connectivity index (χ1n) is 5.62. The van der Waals surface area contributed by atoms with Crippen molar-refractivity contribution in [2.45, 2.75) is 6.92 Å². The number of aromatic nitrogens is 3. The second kappa shape index (κ2) is 5.76. The van der Waals surface area contributed by atoms with Crippen LogP contribution in [0.25, 0.3) is 0 Å². The number of hydrogen-bond acceptors (Lipinski definition) is 6. The van der Waals surface area contributed by atoms with Crippen molar-refractivity contribution in [3.05, 3.63) is 36.2 Å². The molecule has 0 radical (unpaired) electrons. The Bertz CT molecular complexity index is 554. The van der Waals surface area contributed by atoms with E-state index in [2.05, 4.69) is 20.5 Å². The van der Waals surface area contributed by atoms with Gasteiger partial charge in [0.05, 0.1) is 18.5 Å². The number of aromatic carboxylic acids is 1. The van der Waals surface area contributed by atoms with Crippen molar-refractivity contribution in [1.82, 2.24) is 15.2 Å². The van der Waals surface area contributed by atoms with Gasteiger partial charge in [0.25, 0.3) is 0 Å². The molecule has 0 bridgehead atoms. The van der Waals surface area contributed by atoms with E-state index >= 15 is 0 Å². The van der Waals surface area contributed by atoms with Gasteiger partial charge in [-0.05, 0) is 25.1 Å². The van der Waals surface area contributed by atoms with Crippen LogP contribution in [-0.4, -0.2) is 32.9 Å². The number of carbonyl (C=O) groups is 1. The van der Waals surface area contributed by atoms with E-state index in [0.29, 0.717) is 24.0 Å². The standard InChI is InChI=1S/C12H12N4O3/c1-2-19-11-6-3-8(7-13-11)14-10-5-4-9(12(17)18)15-16-10/h3-7H,2H2,1H3,(H,14,16)(H,17,18). The van der Waals surface area contributed by atoms with Crippen LogP contribution >= 0.6 is 0 Å². The minimum Gasteiger partial charge on any atom is -0.478 e. The maximum atomic E-state index is 10.6. The number of rotatable bonds is 5. The molecule has 2 N–H and O–H groups in total. The summed E-state index contributed by atoms with van der Waals surface area (Å²) in [6, 6.07) is 6.42. The fourth-order valence-corrected chi connectivity index (χ4v) is 1.35. The Morgan fingerprint density at radius 3 is 2.68 bits per heavy atom. The minimum absolute atomic E-state index is 0.102. The lowest BCUT2D eigenvalue weighted by atomic mass is 10.3.